The van der Waals surface area contributed by atoms with Crippen molar-refractivity contribution in [1.29, 1.82) is 0 Å². The smallest absolute Gasteiger partial charge is 0.182 e. The Hall–Kier alpha value is -6.77. The quantitative estimate of drug-likeness (QED) is 0.120. The van der Waals surface area contributed by atoms with Gasteiger partial charge in [0.25, 0.3) is 0 Å². The number of pyridine rings is 1. The fraction of sp³-hybridized carbons (Fsp3) is 0. The summed E-state index contributed by atoms with van der Waals surface area (Å²) >= 11 is 7.70. The summed E-state index contributed by atoms with van der Waals surface area (Å²) in [6.07, 6.45) is 2.02. The number of fused-ring (bicyclic) bond motifs is 12. The summed E-state index contributed by atoms with van der Waals surface area (Å²) in [5.74, 6) is 0. The molecule has 14 rings (SSSR count). The molecule has 0 saturated heterocycles. The Bertz CT molecular complexity index is 3920. The highest BCUT2D eigenvalue weighted by atomic mass is 32.1. The maximum atomic E-state index is 5.22. The van der Waals surface area contributed by atoms with E-state index in [-0.39, 0.29) is 0 Å². The predicted octanol–water partition coefficient (Wildman–Crippen LogP) is 15.3. The number of rotatable bonds is 6. The van der Waals surface area contributed by atoms with Gasteiger partial charge in [0.2, 0.25) is 0 Å². The Morgan fingerprint density at radius 2 is 0.662 bits per heavy atom. The van der Waals surface area contributed by atoms with Crippen LogP contribution in [0.3, 0.4) is 0 Å². The van der Waals surface area contributed by atoms with Crippen molar-refractivity contribution in [2.24, 2.45) is 0 Å². The minimum atomic E-state index is -3.08. The third-order valence-electron chi connectivity index (χ3n) is 13.5. The molecule has 9 aromatic carbocycles. The van der Waals surface area contributed by atoms with Crippen LogP contribution in [0.5, 0.6) is 0 Å². The Morgan fingerprint density at radius 1 is 0.277 bits per heavy atom. The second-order valence-corrected chi connectivity index (χ2v) is 24.7. The van der Waals surface area contributed by atoms with E-state index in [1.807, 2.05) is 51.5 Å². The molecular weight excluding hydrogens is 879 g/mol. The zero-order valence-corrected chi connectivity index (χ0v) is 39.1. The summed E-state index contributed by atoms with van der Waals surface area (Å²) in [6.45, 7) is 0. The van der Waals surface area contributed by atoms with Crippen LogP contribution >= 0.6 is 45.3 Å². The fourth-order valence-electron chi connectivity index (χ4n) is 10.7. The number of benzene rings is 9. The van der Waals surface area contributed by atoms with E-state index in [0.717, 1.165) is 5.69 Å². The maximum Gasteiger partial charge on any atom is 0.182 e. The van der Waals surface area contributed by atoms with Crippen molar-refractivity contribution in [3.63, 3.8) is 0 Å². The fourth-order valence-corrected chi connectivity index (χ4v) is 21.8. The van der Waals surface area contributed by atoms with Crippen molar-refractivity contribution in [2.45, 2.75) is 0 Å². The van der Waals surface area contributed by atoms with E-state index in [0.29, 0.717) is 0 Å². The van der Waals surface area contributed by atoms with Crippen molar-refractivity contribution in [1.82, 2.24) is 4.98 Å². The molecule has 0 saturated carbocycles. The second-order valence-electron chi connectivity index (χ2n) is 16.8. The van der Waals surface area contributed by atoms with Crippen molar-refractivity contribution in [2.75, 3.05) is 0 Å². The van der Waals surface area contributed by atoms with Crippen LogP contribution in [0.1, 0.15) is 0 Å². The van der Waals surface area contributed by atoms with Crippen LogP contribution < -0.4 is 20.7 Å². The lowest BCUT2D eigenvalue weighted by atomic mass is 10.0. The van der Waals surface area contributed by atoms with E-state index in [1.54, 1.807) is 0 Å². The van der Waals surface area contributed by atoms with Crippen LogP contribution in [0, 0.1) is 0 Å². The molecular formula is C59H35NS4Si. The van der Waals surface area contributed by atoms with Gasteiger partial charge >= 0.3 is 0 Å². The van der Waals surface area contributed by atoms with Gasteiger partial charge in [-0.05, 0) is 38.9 Å². The van der Waals surface area contributed by atoms with Gasteiger partial charge in [-0.25, -0.2) is 0 Å². The molecule has 6 heteroatoms. The van der Waals surface area contributed by atoms with Crippen LogP contribution in [0.2, 0.25) is 0 Å². The minimum absolute atomic E-state index is 1.06. The summed E-state index contributed by atoms with van der Waals surface area (Å²) < 4.78 is 10.6. The van der Waals surface area contributed by atoms with E-state index < -0.39 is 8.07 Å². The standard InChI is InChI=1S/C59H35NS4Si/c1-3-16-36(17-4-1)65(37-18-5-2-6-19-37,51-32-14-27-45-44-26-12-25-43(55(44)63-57(45)51)42-24-11-22-40-38-20-7-9-30-49(38)61-54(40)42)52-33-15-28-46-47-34-35-60-53(59(47)64-58(46)52)48-29-13-23-41-39-21-8-10-31-50(39)62-56(41)48/h1-35H. The topological polar surface area (TPSA) is 12.9 Å². The lowest BCUT2D eigenvalue weighted by molar-refractivity contribution is 1.38. The van der Waals surface area contributed by atoms with Gasteiger partial charge in [-0.3, -0.25) is 4.98 Å². The summed E-state index contributed by atoms with van der Waals surface area (Å²) in [7, 11) is -3.08. The van der Waals surface area contributed by atoms with Gasteiger partial charge in [-0.1, -0.05) is 188 Å². The molecule has 0 bridgehead atoms. The van der Waals surface area contributed by atoms with Crippen LogP contribution in [0.15, 0.2) is 212 Å². The first-order valence-corrected chi connectivity index (χ1v) is 27.2. The number of aromatic nitrogens is 1. The monoisotopic (exact) mass is 913 g/mol. The molecule has 0 aliphatic rings. The molecule has 5 aromatic heterocycles. The third kappa shape index (κ3) is 5.43. The van der Waals surface area contributed by atoms with E-state index in [2.05, 4.69) is 206 Å². The first-order chi connectivity index (χ1) is 32.3. The maximum absolute atomic E-state index is 5.22. The average molecular weight is 914 g/mol. The van der Waals surface area contributed by atoms with Crippen LogP contribution in [0.25, 0.3) is 103 Å². The highest BCUT2D eigenvalue weighted by Gasteiger charge is 2.44. The Labute approximate surface area is 391 Å². The molecule has 5 heterocycles. The van der Waals surface area contributed by atoms with Gasteiger partial charge < -0.3 is 0 Å². The molecule has 0 spiro atoms. The van der Waals surface area contributed by atoms with Crippen molar-refractivity contribution in [3.05, 3.63) is 212 Å². The molecule has 0 radical (unpaired) electrons. The Kier molecular flexibility index (Phi) is 8.46. The number of hydrogen-bond donors (Lipinski definition) is 0. The number of hydrogen-bond acceptors (Lipinski definition) is 5. The first kappa shape index (κ1) is 37.6. The first-order valence-electron chi connectivity index (χ1n) is 21.9. The van der Waals surface area contributed by atoms with E-state index in [4.69, 9.17) is 4.98 Å². The molecule has 304 valence electrons. The van der Waals surface area contributed by atoms with Crippen molar-refractivity contribution >= 4 is 155 Å². The normalized spacial score (nSPS) is 12.3. The zero-order chi connectivity index (χ0) is 42.6. The molecule has 0 atom stereocenters. The summed E-state index contributed by atoms with van der Waals surface area (Å²) in [5.41, 5.74) is 4.88. The van der Waals surface area contributed by atoms with Gasteiger partial charge in [-0.2, -0.15) is 0 Å². The van der Waals surface area contributed by atoms with E-state index in [1.165, 1.54) is 118 Å². The zero-order valence-electron chi connectivity index (χ0n) is 34.8. The van der Waals surface area contributed by atoms with Gasteiger partial charge in [0, 0.05) is 98.9 Å². The molecule has 0 amide bonds. The summed E-state index contributed by atoms with van der Waals surface area (Å²) in [4.78, 5) is 5.22. The van der Waals surface area contributed by atoms with Crippen LogP contribution in [-0.2, 0) is 0 Å². The second kappa shape index (κ2) is 14.6. The largest absolute Gasteiger partial charge is 0.255 e. The van der Waals surface area contributed by atoms with Gasteiger partial charge in [-0.15, -0.1) is 45.3 Å². The van der Waals surface area contributed by atoms with Crippen molar-refractivity contribution in [3.8, 4) is 22.4 Å². The number of thiophene rings is 4. The molecule has 0 fully saturated rings. The predicted molar refractivity (Wildman–Crippen MR) is 290 cm³/mol. The Morgan fingerprint density at radius 3 is 1.22 bits per heavy atom. The van der Waals surface area contributed by atoms with Gasteiger partial charge in [0.15, 0.2) is 8.07 Å². The van der Waals surface area contributed by atoms with Gasteiger partial charge in [0.1, 0.15) is 0 Å². The molecule has 14 aromatic rings. The number of nitrogens with zero attached hydrogens (tertiary/aromatic N) is 1. The Balaban J connectivity index is 1.07. The molecule has 0 aliphatic carbocycles. The molecule has 0 unspecified atom stereocenters. The van der Waals surface area contributed by atoms with Gasteiger partial charge in [0.05, 0.1) is 10.4 Å². The highest BCUT2D eigenvalue weighted by molar-refractivity contribution is 7.34. The summed E-state index contributed by atoms with van der Waals surface area (Å²) in [5, 5.41) is 16.1. The highest BCUT2D eigenvalue weighted by Crippen LogP contribution is 2.47. The molecule has 65 heavy (non-hydrogen) atoms. The minimum Gasteiger partial charge on any atom is -0.255 e. The molecule has 0 N–H and O–H groups in total. The van der Waals surface area contributed by atoms with Crippen molar-refractivity contribution < 1.29 is 0 Å². The average Bonchev–Trinajstić information content (AvgIpc) is 4.16. The SMILES string of the molecule is c1ccc([Si](c2ccccc2)(c2cccc3c2sc2c(-c4cccc5c4sc4ccccc45)cccc23)c2cccc3c2sc2c(-c4cccc5c4sc4ccccc45)nccc23)cc1. The van der Waals surface area contributed by atoms with Crippen LogP contribution in [-0.4, -0.2) is 13.1 Å². The van der Waals surface area contributed by atoms with Crippen LogP contribution in [0.4, 0.5) is 0 Å². The lowest BCUT2D eigenvalue weighted by Gasteiger charge is -2.35. The molecule has 1 nitrogen and oxygen atoms in total. The third-order valence-corrected chi connectivity index (χ3v) is 23.7. The van der Waals surface area contributed by atoms with E-state index in [9.17, 15) is 0 Å². The van der Waals surface area contributed by atoms with E-state index >= 15 is 0 Å². The summed E-state index contributed by atoms with van der Waals surface area (Å²) in [6, 6.07) is 77.6. The molecule has 0 aliphatic heterocycles. The lowest BCUT2D eigenvalue weighted by Crippen LogP contribution is -2.74.